The van der Waals surface area contributed by atoms with Gasteiger partial charge in [-0.1, -0.05) is 54.6 Å². The molecule has 2 aromatic carbocycles. The average Bonchev–Trinajstić information content (AvgIpc) is 2.53. The third-order valence-corrected chi connectivity index (χ3v) is 3.69. The van der Waals surface area contributed by atoms with Crippen molar-refractivity contribution in [3.05, 3.63) is 72.4 Å². The molecule has 1 atom stereocenters. The van der Waals surface area contributed by atoms with Crippen LogP contribution in [0.3, 0.4) is 0 Å². The molecule has 2 nitrogen and oxygen atoms in total. The molecule has 0 fully saturated rings. The Balaban J connectivity index is 1.77. The van der Waals surface area contributed by atoms with Gasteiger partial charge >= 0.3 is 0 Å². The van der Waals surface area contributed by atoms with E-state index in [0.717, 1.165) is 16.8 Å². The first-order valence-electron chi connectivity index (χ1n) is 6.61. The number of fused-ring (bicyclic) bond motifs is 1. The van der Waals surface area contributed by atoms with E-state index in [1.807, 2.05) is 54.7 Å². The predicted octanol–water partition coefficient (Wildman–Crippen LogP) is 4.63. The van der Waals surface area contributed by atoms with E-state index >= 15 is 0 Å². The summed E-state index contributed by atoms with van der Waals surface area (Å²) in [6.07, 6.45) is 1.82. The van der Waals surface area contributed by atoms with Crippen LogP contribution in [0.5, 0.6) is 0 Å². The third kappa shape index (κ3) is 2.75. The summed E-state index contributed by atoms with van der Waals surface area (Å²) in [7, 11) is 0. The first-order chi connectivity index (χ1) is 9.84. The summed E-state index contributed by atoms with van der Waals surface area (Å²) in [6.45, 7) is 0.645. The molecule has 0 spiro atoms. The lowest BCUT2D eigenvalue weighted by Crippen LogP contribution is -2.09. The standard InChI is InChI=1S/C17H15ClN2/c18-16(14-7-2-1-3-8-14)12-20-17-15-9-5-4-6-13(15)10-11-19-17/h1-11,16H,12H2,(H,19,20). The second kappa shape index (κ2) is 5.93. The van der Waals surface area contributed by atoms with Gasteiger partial charge in [-0.3, -0.25) is 0 Å². The molecular formula is C17H15ClN2. The van der Waals surface area contributed by atoms with Gasteiger partial charge in [-0.2, -0.15) is 0 Å². The molecule has 3 aromatic rings. The molecule has 1 heterocycles. The lowest BCUT2D eigenvalue weighted by molar-refractivity contribution is 0.970. The minimum absolute atomic E-state index is 0.0723. The predicted molar refractivity (Wildman–Crippen MR) is 85.3 cm³/mol. The second-order valence-corrected chi connectivity index (χ2v) is 5.17. The first kappa shape index (κ1) is 12.9. The normalized spacial score (nSPS) is 12.2. The highest BCUT2D eigenvalue weighted by Gasteiger charge is 2.08. The number of nitrogens with one attached hydrogen (secondary N) is 1. The number of hydrogen-bond donors (Lipinski definition) is 1. The summed E-state index contributed by atoms with van der Waals surface area (Å²) in [5, 5.41) is 5.56. The number of halogens is 1. The minimum Gasteiger partial charge on any atom is -0.368 e. The number of hydrogen-bond acceptors (Lipinski definition) is 2. The Morgan fingerprint density at radius 3 is 2.55 bits per heavy atom. The summed E-state index contributed by atoms with van der Waals surface area (Å²) >= 11 is 6.42. The highest BCUT2D eigenvalue weighted by molar-refractivity contribution is 6.21. The third-order valence-electron chi connectivity index (χ3n) is 3.28. The quantitative estimate of drug-likeness (QED) is 0.706. The molecule has 0 radical (unpaired) electrons. The lowest BCUT2D eigenvalue weighted by Gasteiger charge is -2.13. The summed E-state index contributed by atoms with van der Waals surface area (Å²) in [5.41, 5.74) is 1.11. The van der Waals surface area contributed by atoms with Crippen LogP contribution in [-0.2, 0) is 0 Å². The number of alkyl halides is 1. The molecule has 1 N–H and O–H groups in total. The highest BCUT2D eigenvalue weighted by atomic mass is 35.5. The summed E-state index contributed by atoms with van der Waals surface area (Å²) < 4.78 is 0. The van der Waals surface area contributed by atoms with Crippen LogP contribution in [0.25, 0.3) is 10.8 Å². The van der Waals surface area contributed by atoms with Crippen LogP contribution in [-0.4, -0.2) is 11.5 Å². The van der Waals surface area contributed by atoms with Crippen molar-refractivity contribution in [3.63, 3.8) is 0 Å². The van der Waals surface area contributed by atoms with Gasteiger partial charge in [0, 0.05) is 18.1 Å². The van der Waals surface area contributed by atoms with Crippen molar-refractivity contribution in [2.24, 2.45) is 0 Å². The van der Waals surface area contributed by atoms with Crippen molar-refractivity contribution >= 4 is 28.2 Å². The first-order valence-corrected chi connectivity index (χ1v) is 7.05. The summed E-state index contributed by atoms with van der Waals surface area (Å²) in [4.78, 5) is 4.40. The zero-order chi connectivity index (χ0) is 13.8. The van der Waals surface area contributed by atoms with E-state index in [9.17, 15) is 0 Å². The lowest BCUT2D eigenvalue weighted by atomic mass is 10.1. The maximum atomic E-state index is 6.42. The van der Waals surface area contributed by atoms with Crippen molar-refractivity contribution in [1.29, 1.82) is 0 Å². The van der Waals surface area contributed by atoms with E-state index < -0.39 is 0 Å². The molecule has 3 rings (SSSR count). The molecule has 3 heteroatoms. The molecule has 0 bridgehead atoms. The smallest absolute Gasteiger partial charge is 0.133 e. The fourth-order valence-electron chi connectivity index (χ4n) is 2.23. The SMILES string of the molecule is ClC(CNc1nccc2ccccc12)c1ccccc1. The van der Waals surface area contributed by atoms with Crippen LogP contribution >= 0.6 is 11.6 Å². The molecule has 0 saturated carbocycles. The van der Waals surface area contributed by atoms with Gasteiger partial charge in [-0.05, 0) is 17.0 Å². The van der Waals surface area contributed by atoms with Crippen molar-refractivity contribution in [3.8, 4) is 0 Å². The fourth-order valence-corrected chi connectivity index (χ4v) is 2.45. The van der Waals surface area contributed by atoms with E-state index in [1.165, 1.54) is 5.39 Å². The van der Waals surface area contributed by atoms with Gasteiger partial charge in [0.15, 0.2) is 0 Å². The summed E-state index contributed by atoms with van der Waals surface area (Å²) in [5.74, 6) is 0.879. The highest BCUT2D eigenvalue weighted by Crippen LogP contribution is 2.24. The molecule has 1 unspecified atom stereocenters. The van der Waals surface area contributed by atoms with Gasteiger partial charge in [0.25, 0.3) is 0 Å². The average molecular weight is 283 g/mol. The largest absolute Gasteiger partial charge is 0.368 e. The minimum atomic E-state index is -0.0723. The van der Waals surface area contributed by atoms with Crippen molar-refractivity contribution < 1.29 is 0 Å². The van der Waals surface area contributed by atoms with Crippen molar-refractivity contribution in [2.75, 3.05) is 11.9 Å². The second-order valence-electron chi connectivity index (χ2n) is 4.64. The van der Waals surface area contributed by atoms with Crippen LogP contribution in [0.1, 0.15) is 10.9 Å². The molecule has 0 aliphatic carbocycles. The maximum Gasteiger partial charge on any atom is 0.133 e. The molecular weight excluding hydrogens is 268 g/mol. The molecule has 0 aliphatic rings. The van der Waals surface area contributed by atoms with Crippen LogP contribution in [0, 0.1) is 0 Å². The molecule has 1 aromatic heterocycles. The van der Waals surface area contributed by atoms with Crippen molar-refractivity contribution in [1.82, 2.24) is 4.98 Å². The van der Waals surface area contributed by atoms with E-state index in [1.54, 1.807) is 0 Å². The van der Waals surface area contributed by atoms with E-state index in [0.29, 0.717) is 6.54 Å². The van der Waals surface area contributed by atoms with Crippen molar-refractivity contribution in [2.45, 2.75) is 5.38 Å². The monoisotopic (exact) mass is 282 g/mol. The van der Waals surface area contributed by atoms with Gasteiger partial charge in [-0.15, -0.1) is 11.6 Å². The van der Waals surface area contributed by atoms with Crippen LogP contribution in [0.15, 0.2) is 66.9 Å². The van der Waals surface area contributed by atoms with E-state index in [4.69, 9.17) is 11.6 Å². The van der Waals surface area contributed by atoms with Gasteiger partial charge in [0.05, 0.1) is 5.38 Å². The Labute approximate surface area is 123 Å². The van der Waals surface area contributed by atoms with Gasteiger partial charge < -0.3 is 5.32 Å². The van der Waals surface area contributed by atoms with Gasteiger partial charge in [-0.25, -0.2) is 4.98 Å². The summed E-state index contributed by atoms with van der Waals surface area (Å²) in [6, 6.07) is 20.3. The van der Waals surface area contributed by atoms with Gasteiger partial charge in [0.2, 0.25) is 0 Å². The number of benzene rings is 2. The topological polar surface area (TPSA) is 24.9 Å². The Kier molecular flexibility index (Phi) is 3.84. The number of aromatic nitrogens is 1. The number of pyridine rings is 1. The van der Waals surface area contributed by atoms with Crippen LogP contribution in [0.4, 0.5) is 5.82 Å². The van der Waals surface area contributed by atoms with E-state index in [-0.39, 0.29) is 5.38 Å². The Morgan fingerprint density at radius 2 is 1.70 bits per heavy atom. The molecule has 0 amide bonds. The Hall–Kier alpha value is -2.06. The fraction of sp³-hybridized carbons (Fsp3) is 0.118. The Bertz CT molecular complexity index is 692. The zero-order valence-electron chi connectivity index (χ0n) is 11.0. The number of rotatable bonds is 4. The zero-order valence-corrected chi connectivity index (χ0v) is 11.7. The molecule has 0 aliphatic heterocycles. The van der Waals surface area contributed by atoms with Crippen LogP contribution < -0.4 is 5.32 Å². The number of nitrogens with zero attached hydrogens (tertiary/aromatic N) is 1. The van der Waals surface area contributed by atoms with Crippen LogP contribution in [0.2, 0.25) is 0 Å². The Morgan fingerprint density at radius 1 is 0.950 bits per heavy atom. The van der Waals surface area contributed by atoms with E-state index in [2.05, 4.69) is 22.4 Å². The molecule has 20 heavy (non-hydrogen) atoms. The number of anilines is 1. The van der Waals surface area contributed by atoms with Gasteiger partial charge in [0.1, 0.15) is 5.82 Å². The maximum absolute atomic E-state index is 6.42. The molecule has 0 saturated heterocycles. The molecule has 100 valence electrons.